The van der Waals surface area contributed by atoms with Crippen LogP contribution in [0.4, 0.5) is 5.69 Å². The number of benzene rings is 2. The highest BCUT2D eigenvalue weighted by Gasteiger charge is 2.14. The number of oxazole rings is 1. The fourth-order valence-corrected chi connectivity index (χ4v) is 2.81. The van der Waals surface area contributed by atoms with Gasteiger partial charge in [-0.15, -0.1) is 0 Å². The Morgan fingerprint density at radius 1 is 1.15 bits per heavy atom. The van der Waals surface area contributed by atoms with Gasteiger partial charge in [0.05, 0.1) is 17.7 Å². The zero-order chi connectivity index (χ0) is 18.7. The smallest absolute Gasteiger partial charge is 0.269 e. The highest BCUT2D eigenvalue weighted by molar-refractivity contribution is 6.31. The van der Waals surface area contributed by atoms with Crippen LogP contribution in [0.1, 0.15) is 11.5 Å². The highest BCUT2D eigenvalue weighted by atomic mass is 35.5. The standard InChI is InChI=1S/C18H15Cl2N3O3/c1-22(10-13-8-15(23(24)25)6-7-16(13)20)11-18-21-9-17(26-18)12-2-4-14(19)5-3-12/h2-9H,10-11H2,1H3. The fraction of sp³-hybridized carbons (Fsp3) is 0.167. The monoisotopic (exact) mass is 391 g/mol. The van der Waals surface area contributed by atoms with E-state index in [4.69, 9.17) is 27.6 Å². The highest BCUT2D eigenvalue weighted by Crippen LogP contribution is 2.25. The average molecular weight is 392 g/mol. The number of hydrogen-bond acceptors (Lipinski definition) is 5. The SMILES string of the molecule is CN(Cc1ncc(-c2ccc(Cl)cc2)o1)Cc1cc([N+](=O)[O-])ccc1Cl. The van der Waals surface area contributed by atoms with Crippen LogP contribution in [0, 0.1) is 10.1 Å². The van der Waals surface area contributed by atoms with Gasteiger partial charge in [0.15, 0.2) is 5.76 Å². The molecule has 0 aliphatic heterocycles. The van der Waals surface area contributed by atoms with Gasteiger partial charge in [-0.1, -0.05) is 23.2 Å². The van der Waals surface area contributed by atoms with Crippen LogP contribution in [0.15, 0.2) is 53.1 Å². The van der Waals surface area contributed by atoms with Crippen molar-refractivity contribution in [3.05, 3.63) is 80.3 Å². The van der Waals surface area contributed by atoms with Gasteiger partial charge in [0.25, 0.3) is 5.69 Å². The molecule has 0 unspecified atom stereocenters. The number of non-ortho nitro benzene ring substituents is 1. The summed E-state index contributed by atoms with van der Waals surface area (Å²) in [7, 11) is 1.86. The molecule has 0 radical (unpaired) electrons. The summed E-state index contributed by atoms with van der Waals surface area (Å²) >= 11 is 12.0. The van der Waals surface area contributed by atoms with E-state index < -0.39 is 4.92 Å². The number of halogens is 2. The van der Waals surface area contributed by atoms with Crippen LogP contribution in [0.3, 0.4) is 0 Å². The molecule has 0 atom stereocenters. The molecule has 0 aliphatic carbocycles. The first-order valence-corrected chi connectivity index (χ1v) is 8.50. The Labute approximate surface area is 160 Å². The van der Waals surface area contributed by atoms with Crippen molar-refractivity contribution in [2.75, 3.05) is 7.05 Å². The summed E-state index contributed by atoms with van der Waals surface area (Å²) in [4.78, 5) is 16.7. The van der Waals surface area contributed by atoms with Crippen molar-refractivity contribution in [2.24, 2.45) is 0 Å². The van der Waals surface area contributed by atoms with Crippen molar-refractivity contribution in [1.82, 2.24) is 9.88 Å². The van der Waals surface area contributed by atoms with E-state index in [9.17, 15) is 10.1 Å². The number of aromatic nitrogens is 1. The molecule has 134 valence electrons. The Balaban J connectivity index is 1.69. The molecule has 0 aliphatic rings. The Hall–Kier alpha value is -2.41. The van der Waals surface area contributed by atoms with Crippen molar-refractivity contribution in [3.8, 4) is 11.3 Å². The number of rotatable bonds is 6. The molecule has 0 spiro atoms. The molecule has 3 aromatic rings. The molecule has 3 rings (SSSR count). The van der Waals surface area contributed by atoms with E-state index in [1.807, 2.05) is 24.1 Å². The molecule has 2 aromatic carbocycles. The minimum Gasteiger partial charge on any atom is -0.439 e. The Morgan fingerprint density at radius 3 is 2.58 bits per heavy atom. The lowest BCUT2D eigenvalue weighted by Gasteiger charge is -2.15. The summed E-state index contributed by atoms with van der Waals surface area (Å²) < 4.78 is 5.77. The minimum absolute atomic E-state index is 0.0129. The van der Waals surface area contributed by atoms with Crippen LogP contribution in [-0.2, 0) is 13.1 Å². The van der Waals surface area contributed by atoms with Crippen molar-refractivity contribution < 1.29 is 9.34 Å². The zero-order valence-electron chi connectivity index (χ0n) is 13.9. The number of hydrogen-bond donors (Lipinski definition) is 0. The molecule has 0 fully saturated rings. The zero-order valence-corrected chi connectivity index (χ0v) is 15.4. The number of nitrogens with zero attached hydrogens (tertiary/aromatic N) is 3. The van der Waals surface area contributed by atoms with Gasteiger partial charge in [0.2, 0.25) is 5.89 Å². The van der Waals surface area contributed by atoms with Gasteiger partial charge >= 0.3 is 0 Å². The maximum atomic E-state index is 10.9. The summed E-state index contributed by atoms with van der Waals surface area (Å²) in [5.74, 6) is 1.19. The average Bonchev–Trinajstić information content (AvgIpc) is 3.05. The third-order valence-electron chi connectivity index (χ3n) is 3.77. The van der Waals surface area contributed by atoms with E-state index in [-0.39, 0.29) is 5.69 Å². The molecular formula is C18H15Cl2N3O3. The maximum absolute atomic E-state index is 10.9. The van der Waals surface area contributed by atoms with Crippen LogP contribution < -0.4 is 0 Å². The summed E-state index contributed by atoms with van der Waals surface area (Å²) in [5, 5.41) is 12.1. The Bertz CT molecular complexity index is 926. The van der Waals surface area contributed by atoms with E-state index in [1.165, 1.54) is 18.2 Å². The maximum Gasteiger partial charge on any atom is 0.269 e. The quantitative estimate of drug-likeness (QED) is 0.427. The molecule has 0 saturated heterocycles. The van der Waals surface area contributed by atoms with E-state index in [1.54, 1.807) is 18.3 Å². The van der Waals surface area contributed by atoms with E-state index in [0.717, 1.165) is 5.56 Å². The number of nitro benzene ring substituents is 1. The molecule has 1 heterocycles. The van der Waals surface area contributed by atoms with Crippen LogP contribution >= 0.6 is 23.2 Å². The molecular weight excluding hydrogens is 377 g/mol. The first-order valence-electron chi connectivity index (χ1n) is 7.74. The predicted octanol–water partition coefficient (Wildman–Crippen LogP) is 5.19. The molecule has 0 bridgehead atoms. The van der Waals surface area contributed by atoms with Crippen molar-refractivity contribution in [1.29, 1.82) is 0 Å². The lowest BCUT2D eigenvalue weighted by atomic mass is 10.2. The van der Waals surface area contributed by atoms with Crippen LogP contribution in [0.25, 0.3) is 11.3 Å². The molecule has 1 aromatic heterocycles. The Kier molecular flexibility index (Phi) is 5.56. The van der Waals surface area contributed by atoms with Gasteiger partial charge in [0, 0.05) is 34.3 Å². The lowest BCUT2D eigenvalue weighted by molar-refractivity contribution is -0.384. The largest absolute Gasteiger partial charge is 0.439 e. The third kappa shape index (κ3) is 4.40. The molecule has 26 heavy (non-hydrogen) atoms. The Morgan fingerprint density at radius 2 is 1.88 bits per heavy atom. The van der Waals surface area contributed by atoms with E-state index >= 15 is 0 Å². The van der Waals surface area contributed by atoms with E-state index in [2.05, 4.69) is 4.98 Å². The van der Waals surface area contributed by atoms with Crippen molar-refractivity contribution in [2.45, 2.75) is 13.1 Å². The van der Waals surface area contributed by atoms with Gasteiger partial charge in [-0.3, -0.25) is 15.0 Å². The first kappa shape index (κ1) is 18.4. The molecule has 6 nitrogen and oxygen atoms in total. The second-order valence-electron chi connectivity index (χ2n) is 5.83. The number of nitro groups is 1. The first-order chi connectivity index (χ1) is 12.4. The molecule has 8 heteroatoms. The summed E-state index contributed by atoms with van der Waals surface area (Å²) in [5.41, 5.74) is 1.57. The van der Waals surface area contributed by atoms with Crippen molar-refractivity contribution in [3.63, 3.8) is 0 Å². The molecule has 0 saturated carbocycles. The van der Waals surface area contributed by atoms with Gasteiger partial charge in [-0.2, -0.15) is 0 Å². The summed E-state index contributed by atoms with van der Waals surface area (Å²) in [6, 6.07) is 11.7. The van der Waals surface area contributed by atoms with Crippen LogP contribution in [-0.4, -0.2) is 21.9 Å². The minimum atomic E-state index is -0.438. The normalized spacial score (nSPS) is 11.1. The lowest BCUT2D eigenvalue weighted by Crippen LogP contribution is -2.17. The second kappa shape index (κ2) is 7.86. The van der Waals surface area contributed by atoms with Gasteiger partial charge in [-0.25, -0.2) is 4.98 Å². The summed E-state index contributed by atoms with van der Waals surface area (Å²) in [6.07, 6.45) is 1.66. The predicted molar refractivity (Wildman–Crippen MR) is 100 cm³/mol. The van der Waals surface area contributed by atoms with Gasteiger partial charge < -0.3 is 4.42 Å². The van der Waals surface area contributed by atoms with Crippen molar-refractivity contribution >= 4 is 28.9 Å². The van der Waals surface area contributed by atoms with Crippen LogP contribution in [0.5, 0.6) is 0 Å². The van der Waals surface area contributed by atoms with Crippen LogP contribution in [0.2, 0.25) is 10.0 Å². The van der Waals surface area contributed by atoms with Gasteiger partial charge in [-0.05, 0) is 42.9 Å². The van der Waals surface area contributed by atoms with Gasteiger partial charge in [0.1, 0.15) is 0 Å². The third-order valence-corrected chi connectivity index (χ3v) is 4.39. The molecule has 0 amide bonds. The second-order valence-corrected chi connectivity index (χ2v) is 6.67. The fourth-order valence-electron chi connectivity index (χ4n) is 2.50. The van der Waals surface area contributed by atoms with E-state index in [0.29, 0.717) is 40.3 Å². The summed E-state index contributed by atoms with van der Waals surface area (Å²) in [6.45, 7) is 0.867. The topological polar surface area (TPSA) is 72.4 Å². The molecule has 0 N–H and O–H groups in total.